The number of carbonyl (C=O) groups is 3. The Balaban J connectivity index is 3.21. The molecule has 1 fully saturated rings. The Hall–Kier alpha value is -1.07. The van der Waals surface area contributed by atoms with Crippen molar-refractivity contribution in [3.8, 4) is 0 Å². The van der Waals surface area contributed by atoms with E-state index in [0.29, 0.717) is 37.5 Å². The second-order valence-corrected chi connectivity index (χ2v) is 8.75. The molecule has 1 rings (SSSR count). The van der Waals surface area contributed by atoms with Crippen molar-refractivity contribution in [2.75, 3.05) is 0 Å². The highest BCUT2D eigenvalue weighted by Crippen LogP contribution is 2.42. The third-order valence-corrected chi connectivity index (χ3v) is 5.76. The fourth-order valence-corrected chi connectivity index (χ4v) is 3.68. The molecule has 1 aliphatic rings. The Kier molecular flexibility index (Phi) is 8.15. The van der Waals surface area contributed by atoms with Crippen molar-refractivity contribution >= 4 is 17.3 Å². The topological polar surface area (TPSA) is 91.7 Å². The van der Waals surface area contributed by atoms with Gasteiger partial charge in [0.05, 0.1) is 12.0 Å². The fraction of sp³-hybridized carbons (Fsp3) is 0.857. The Bertz CT molecular complexity index is 524. The van der Waals surface area contributed by atoms with Gasteiger partial charge >= 0.3 is 0 Å². The standard InChI is InChI=1S/C21H36O5/c1-7-14(6)18(23)17-19(24)15(10-8-12(2)3)21(26,20(17)25)16(22)11-9-13(4)5/h12-17,22,26H,7-11H2,1-6H3. The van der Waals surface area contributed by atoms with Crippen LogP contribution in [0, 0.1) is 29.6 Å². The molecule has 0 aromatic rings. The van der Waals surface area contributed by atoms with Crippen LogP contribution in [0.15, 0.2) is 0 Å². The van der Waals surface area contributed by atoms with Gasteiger partial charge in [0.25, 0.3) is 0 Å². The summed E-state index contributed by atoms with van der Waals surface area (Å²) in [6.45, 7) is 11.5. The third kappa shape index (κ3) is 4.61. The normalized spacial score (nSPS) is 28.8. The van der Waals surface area contributed by atoms with Crippen LogP contribution in [0.1, 0.15) is 73.6 Å². The SMILES string of the molecule is CCC(C)C(=O)C1C(=O)C(CCC(C)C)C(O)(C(O)CCC(C)C)C1=O. The number of ketones is 3. The van der Waals surface area contributed by atoms with Gasteiger partial charge in [-0.3, -0.25) is 14.4 Å². The van der Waals surface area contributed by atoms with Crippen LogP contribution in [0.2, 0.25) is 0 Å². The van der Waals surface area contributed by atoms with Crippen molar-refractivity contribution in [1.82, 2.24) is 0 Å². The molecule has 5 heteroatoms. The van der Waals surface area contributed by atoms with Crippen LogP contribution in [-0.2, 0) is 14.4 Å². The lowest BCUT2D eigenvalue weighted by Gasteiger charge is -2.33. The van der Waals surface area contributed by atoms with E-state index in [0.717, 1.165) is 0 Å². The minimum Gasteiger partial charge on any atom is -0.390 e. The van der Waals surface area contributed by atoms with E-state index in [4.69, 9.17) is 0 Å². The zero-order chi connectivity index (χ0) is 20.2. The van der Waals surface area contributed by atoms with Gasteiger partial charge in [0.15, 0.2) is 23.0 Å². The lowest BCUT2D eigenvalue weighted by atomic mass is 9.78. The molecule has 0 radical (unpaired) electrons. The highest BCUT2D eigenvalue weighted by atomic mass is 16.4. The zero-order valence-corrected chi connectivity index (χ0v) is 17.1. The van der Waals surface area contributed by atoms with Crippen molar-refractivity contribution in [1.29, 1.82) is 0 Å². The van der Waals surface area contributed by atoms with Crippen molar-refractivity contribution in [3.05, 3.63) is 0 Å². The van der Waals surface area contributed by atoms with E-state index in [-0.39, 0.29) is 6.42 Å². The Labute approximate surface area is 157 Å². The van der Waals surface area contributed by atoms with Gasteiger partial charge in [0.1, 0.15) is 5.92 Å². The lowest BCUT2D eigenvalue weighted by Crippen LogP contribution is -2.53. The average molecular weight is 369 g/mol. The van der Waals surface area contributed by atoms with E-state index in [9.17, 15) is 24.6 Å². The van der Waals surface area contributed by atoms with E-state index in [1.165, 1.54) is 0 Å². The van der Waals surface area contributed by atoms with Crippen LogP contribution in [-0.4, -0.2) is 39.3 Å². The summed E-state index contributed by atoms with van der Waals surface area (Å²) in [6.07, 6.45) is 1.02. The number of carbonyl (C=O) groups excluding carboxylic acids is 3. The molecule has 0 aromatic carbocycles. The molecule has 0 spiro atoms. The van der Waals surface area contributed by atoms with Gasteiger partial charge in [-0.05, 0) is 37.5 Å². The summed E-state index contributed by atoms with van der Waals surface area (Å²) in [5.41, 5.74) is -2.14. The molecule has 5 nitrogen and oxygen atoms in total. The lowest BCUT2D eigenvalue weighted by molar-refractivity contribution is -0.158. The summed E-state index contributed by atoms with van der Waals surface area (Å²) in [5.74, 6) is -3.99. The highest BCUT2D eigenvalue weighted by Gasteiger charge is 2.64. The van der Waals surface area contributed by atoms with Crippen molar-refractivity contribution < 1.29 is 24.6 Å². The summed E-state index contributed by atoms with van der Waals surface area (Å²) < 4.78 is 0. The first kappa shape index (κ1) is 23.0. The maximum atomic E-state index is 13.0. The fourth-order valence-electron chi connectivity index (χ4n) is 3.68. The highest BCUT2D eigenvalue weighted by molar-refractivity contribution is 6.27. The first-order chi connectivity index (χ1) is 12.0. The molecule has 0 aliphatic heterocycles. The molecule has 2 N–H and O–H groups in total. The largest absolute Gasteiger partial charge is 0.390 e. The zero-order valence-electron chi connectivity index (χ0n) is 17.1. The van der Waals surface area contributed by atoms with Crippen LogP contribution in [0.25, 0.3) is 0 Å². The Morgan fingerprint density at radius 1 is 1.04 bits per heavy atom. The van der Waals surface area contributed by atoms with Crippen LogP contribution in [0.4, 0.5) is 0 Å². The monoisotopic (exact) mass is 368 g/mol. The number of aliphatic hydroxyl groups excluding tert-OH is 1. The minimum absolute atomic E-state index is 0.232. The average Bonchev–Trinajstić information content (AvgIpc) is 2.76. The predicted molar refractivity (Wildman–Crippen MR) is 101 cm³/mol. The number of hydrogen-bond donors (Lipinski definition) is 2. The molecule has 0 bridgehead atoms. The molecule has 5 unspecified atom stereocenters. The van der Waals surface area contributed by atoms with Gasteiger partial charge < -0.3 is 10.2 Å². The summed E-state index contributed by atoms with van der Waals surface area (Å²) in [7, 11) is 0. The predicted octanol–water partition coefficient (Wildman–Crippen LogP) is 2.95. The third-order valence-electron chi connectivity index (χ3n) is 5.76. The van der Waals surface area contributed by atoms with Gasteiger partial charge in [0.2, 0.25) is 0 Å². The summed E-state index contributed by atoms with van der Waals surface area (Å²) in [5, 5.41) is 21.8. The van der Waals surface area contributed by atoms with E-state index in [1.54, 1.807) is 6.92 Å². The van der Waals surface area contributed by atoms with E-state index in [2.05, 4.69) is 0 Å². The van der Waals surface area contributed by atoms with Gasteiger partial charge in [0, 0.05) is 5.92 Å². The minimum atomic E-state index is -2.14. The van der Waals surface area contributed by atoms with Gasteiger partial charge in [-0.15, -0.1) is 0 Å². The number of hydrogen-bond acceptors (Lipinski definition) is 5. The molecule has 0 saturated heterocycles. The molecular formula is C21H36O5. The first-order valence-corrected chi connectivity index (χ1v) is 10.0. The molecule has 0 aromatic heterocycles. The summed E-state index contributed by atoms with van der Waals surface area (Å²) in [6, 6.07) is 0. The second kappa shape index (κ2) is 9.23. The van der Waals surface area contributed by atoms with Crippen molar-refractivity contribution in [2.45, 2.75) is 85.4 Å². The van der Waals surface area contributed by atoms with Gasteiger partial charge in [-0.2, -0.15) is 0 Å². The maximum absolute atomic E-state index is 13.0. The van der Waals surface area contributed by atoms with Crippen LogP contribution in [0.3, 0.4) is 0 Å². The molecule has 5 atom stereocenters. The summed E-state index contributed by atoms with van der Waals surface area (Å²) >= 11 is 0. The van der Waals surface area contributed by atoms with Crippen molar-refractivity contribution in [2.24, 2.45) is 29.6 Å². The van der Waals surface area contributed by atoms with Crippen LogP contribution in [0.5, 0.6) is 0 Å². The van der Waals surface area contributed by atoms with E-state index >= 15 is 0 Å². The Morgan fingerprint density at radius 3 is 2.04 bits per heavy atom. The molecule has 1 saturated carbocycles. The number of Topliss-reactive ketones (excluding diaryl/α,β-unsaturated/α-hetero) is 3. The van der Waals surface area contributed by atoms with Gasteiger partial charge in [-0.25, -0.2) is 0 Å². The van der Waals surface area contributed by atoms with Gasteiger partial charge in [-0.1, -0.05) is 48.0 Å². The molecule has 0 heterocycles. The Morgan fingerprint density at radius 2 is 1.58 bits per heavy atom. The molecule has 0 amide bonds. The quantitative estimate of drug-likeness (QED) is 0.579. The smallest absolute Gasteiger partial charge is 0.185 e. The van der Waals surface area contributed by atoms with Crippen LogP contribution >= 0.6 is 0 Å². The van der Waals surface area contributed by atoms with E-state index < -0.39 is 46.8 Å². The van der Waals surface area contributed by atoms with Crippen LogP contribution < -0.4 is 0 Å². The molecular weight excluding hydrogens is 332 g/mol. The van der Waals surface area contributed by atoms with E-state index in [1.807, 2.05) is 34.6 Å². The number of aliphatic hydroxyl groups is 2. The second-order valence-electron chi connectivity index (χ2n) is 8.75. The summed E-state index contributed by atoms with van der Waals surface area (Å²) in [4.78, 5) is 38.5. The maximum Gasteiger partial charge on any atom is 0.185 e. The van der Waals surface area contributed by atoms with Crippen molar-refractivity contribution in [3.63, 3.8) is 0 Å². The molecule has 150 valence electrons. The number of rotatable bonds is 10. The molecule has 1 aliphatic carbocycles. The molecule has 26 heavy (non-hydrogen) atoms. The first-order valence-electron chi connectivity index (χ1n) is 10.0.